The molecule has 1 aliphatic heterocycles. The first kappa shape index (κ1) is 8.74. The second-order valence-corrected chi connectivity index (χ2v) is 3.38. The highest BCUT2D eigenvalue weighted by atomic mass is 16.2. The summed E-state index contributed by atoms with van der Waals surface area (Å²) >= 11 is 0. The molecule has 0 aliphatic carbocycles. The first-order valence-electron chi connectivity index (χ1n) is 4.31. The number of rotatable bonds is 0. The molecule has 0 saturated carbocycles. The summed E-state index contributed by atoms with van der Waals surface area (Å²) in [5.74, 6) is -0.659. The smallest absolute Gasteiger partial charge is 0.260 e. The quantitative estimate of drug-likeness (QED) is 0.459. The third-order valence-electron chi connectivity index (χ3n) is 2.40. The zero-order chi connectivity index (χ0) is 10.3. The summed E-state index contributed by atoms with van der Waals surface area (Å²) in [6.45, 7) is 1.87. The molecule has 0 unspecified atom stereocenters. The van der Waals surface area contributed by atoms with Gasteiger partial charge in [0.25, 0.3) is 5.91 Å². The van der Waals surface area contributed by atoms with Crippen LogP contribution in [0.2, 0.25) is 0 Å². The molecule has 0 saturated heterocycles. The zero-order valence-corrected chi connectivity index (χ0v) is 7.76. The van der Waals surface area contributed by atoms with Gasteiger partial charge in [-0.25, -0.2) is 0 Å². The van der Waals surface area contributed by atoms with Crippen LogP contribution in [0.4, 0.5) is 5.69 Å². The maximum atomic E-state index is 11.5. The molecule has 0 fully saturated rings. The number of nitrogens with one attached hydrogen (secondary N) is 1. The molecule has 1 heterocycles. The van der Waals surface area contributed by atoms with Crippen molar-refractivity contribution in [3.05, 3.63) is 28.8 Å². The van der Waals surface area contributed by atoms with Crippen LogP contribution in [0.3, 0.4) is 0 Å². The van der Waals surface area contributed by atoms with Crippen molar-refractivity contribution in [2.24, 2.45) is 0 Å². The van der Waals surface area contributed by atoms with Crippen molar-refractivity contribution in [1.82, 2.24) is 5.32 Å². The second kappa shape index (κ2) is 2.83. The van der Waals surface area contributed by atoms with Gasteiger partial charge in [0.1, 0.15) is 0 Å². The third kappa shape index (κ3) is 1.16. The Labute approximate surface area is 81.1 Å². The molecular formula is C10H10N2O2. The van der Waals surface area contributed by atoms with Gasteiger partial charge in [-0.1, -0.05) is 6.07 Å². The van der Waals surface area contributed by atoms with Gasteiger partial charge in [0.05, 0.1) is 12.0 Å². The van der Waals surface area contributed by atoms with E-state index in [0.717, 1.165) is 11.1 Å². The number of fused-ring (bicyclic) bond motifs is 1. The minimum absolute atomic E-state index is 0.234. The van der Waals surface area contributed by atoms with Crippen LogP contribution in [0.1, 0.15) is 21.5 Å². The van der Waals surface area contributed by atoms with Crippen molar-refractivity contribution in [3.8, 4) is 0 Å². The molecule has 72 valence electrons. The average Bonchev–Trinajstić information content (AvgIpc) is 2.10. The van der Waals surface area contributed by atoms with Crippen molar-refractivity contribution in [1.29, 1.82) is 0 Å². The highest BCUT2D eigenvalue weighted by Gasteiger charge is 2.25. The van der Waals surface area contributed by atoms with Gasteiger partial charge in [0.2, 0.25) is 5.91 Å². The van der Waals surface area contributed by atoms with E-state index in [1.807, 2.05) is 13.0 Å². The molecule has 4 nitrogen and oxygen atoms in total. The van der Waals surface area contributed by atoms with E-state index in [-0.39, 0.29) is 12.3 Å². The number of amides is 2. The summed E-state index contributed by atoms with van der Waals surface area (Å²) in [6, 6.07) is 3.50. The Kier molecular flexibility index (Phi) is 1.77. The zero-order valence-electron chi connectivity index (χ0n) is 7.76. The molecule has 3 N–H and O–H groups in total. The Morgan fingerprint density at radius 1 is 1.36 bits per heavy atom. The van der Waals surface area contributed by atoms with Crippen LogP contribution >= 0.6 is 0 Å². The summed E-state index contributed by atoms with van der Waals surface area (Å²) in [7, 11) is 0. The molecule has 1 aliphatic rings. The van der Waals surface area contributed by atoms with Crippen molar-refractivity contribution < 1.29 is 9.59 Å². The first-order chi connectivity index (χ1) is 6.59. The van der Waals surface area contributed by atoms with Gasteiger partial charge in [-0.3, -0.25) is 14.9 Å². The maximum absolute atomic E-state index is 11.5. The van der Waals surface area contributed by atoms with E-state index in [2.05, 4.69) is 5.32 Å². The number of hydrogen-bond acceptors (Lipinski definition) is 3. The Morgan fingerprint density at radius 3 is 2.79 bits per heavy atom. The van der Waals surface area contributed by atoms with Gasteiger partial charge in [0.15, 0.2) is 0 Å². The Bertz CT molecular complexity index is 438. The van der Waals surface area contributed by atoms with E-state index in [1.165, 1.54) is 0 Å². The van der Waals surface area contributed by atoms with E-state index in [1.54, 1.807) is 6.07 Å². The van der Waals surface area contributed by atoms with Gasteiger partial charge in [0, 0.05) is 5.69 Å². The molecule has 14 heavy (non-hydrogen) atoms. The number of aryl methyl sites for hydroxylation is 1. The fourth-order valence-electron chi connectivity index (χ4n) is 1.66. The van der Waals surface area contributed by atoms with Crippen molar-refractivity contribution in [3.63, 3.8) is 0 Å². The number of nitrogens with two attached hydrogens (primary N) is 1. The minimum atomic E-state index is -0.391. The van der Waals surface area contributed by atoms with E-state index >= 15 is 0 Å². The number of anilines is 1. The summed E-state index contributed by atoms with van der Waals surface area (Å²) < 4.78 is 0. The summed E-state index contributed by atoms with van der Waals surface area (Å²) in [5, 5.41) is 2.25. The molecular weight excluding hydrogens is 180 g/mol. The van der Waals surface area contributed by atoms with E-state index < -0.39 is 5.91 Å². The molecule has 2 amide bonds. The maximum Gasteiger partial charge on any atom is 0.260 e. The summed E-state index contributed by atoms with van der Waals surface area (Å²) in [5.41, 5.74) is 8.23. The monoisotopic (exact) mass is 190 g/mol. The van der Waals surface area contributed by atoms with E-state index in [0.29, 0.717) is 11.3 Å². The molecule has 1 aromatic rings. The fourth-order valence-corrected chi connectivity index (χ4v) is 1.66. The normalized spacial score (nSPS) is 14.9. The topological polar surface area (TPSA) is 72.2 Å². The van der Waals surface area contributed by atoms with Crippen LogP contribution in [-0.4, -0.2) is 11.8 Å². The predicted molar refractivity (Wildman–Crippen MR) is 51.8 cm³/mol. The molecule has 0 bridgehead atoms. The van der Waals surface area contributed by atoms with Gasteiger partial charge in [-0.05, 0) is 24.1 Å². The second-order valence-electron chi connectivity index (χ2n) is 3.38. The third-order valence-corrected chi connectivity index (χ3v) is 2.40. The molecule has 1 aromatic carbocycles. The van der Waals surface area contributed by atoms with Gasteiger partial charge in [-0.2, -0.15) is 0 Å². The van der Waals surface area contributed by atoms with Crippen LogP contribution in [-0.2, 0) is 11.2 Å². The van der Waals surface area contributed by atoms with Crippen molar-refractivity contribution in [2.45, 2.75) is 13.3 Å². The number of imide groups is 1. The molecule has 0 radical (unpaired) electrons. The molecule has 2 rings (SSSR count). The molecule has 0 aromatic heterocycles. The van der Waals surface area contributed by atoms with Crippen LogP contribution in [0.25, 0.3) is 0 Å². The van der Waals surface area contributed by atoms with Gasteiger partial charge < -0.3 is 5.73 Å². The SMILES string of the molecule is Cc1ccc(N)c2c1CC(=O)NC2=O. The minimum Gasteiger partial charge on any atom is -0.398 e. The largest absolute Gasteiger partial charge is 0.398 e. The fraction of sp³-hybridized carbons (Fsp3) is 0.200. The number of carbonyl (C=O) groups is 2. The van der Waals surface area contributed by atoms with Crippen LogP contribution in [0, 0.1) is 6.92 Å². The number of hydrogen-bond donors (Lipinski definition) is 2. The average molecular weight is 190 g/mol. The highest BCUT2D eigenvalue weighted by molar-refractivity contribution is 6.12. The van der Waals surface area contributed by atoms with Gasteiger partial charge in [-0.15, -0.1) is 0 Å². The lowest BCUT2D eigenvalue weighted by Crippen LogP contribution is -2.38. The van der Waals surface area contributed by atoms with Crippen molar-refractivity contribution >= 4 is 17.5 Å². The number of benzene rings is 1. The Morgan fingerprint density at radius 2 is 2.07 bits per heavy atom. The predicted octanol–water partition coefficient (Wildman–Crippen LogP) is 0.390. The summed E-state index contributed by atoms with van der Waals surface area (Å²) in [6.07, 6.45) is 0.234. The lowest BCUT2D eigenvalue weighted by atomic mass is 9.94. The lowest BCUT2D eigenvalue weighted by Gasteiger charge is -2.18. The standard InChI is InChI=1S/C10H10N2O2/c1-5-2-3-7(11)9-6(5)4-8(13)12-10(9)14/h2-3H,4,11H2,1H3,(H,12,13,14). The lowest BCUT2D eigenvalue weighted by molar-refractivity contribution is -0.119. The van der Waals surface area contributed by atoms with Crippen LogP contribution in [0.15, 0.2) is 12.1 Å². The number of nitrogen functional groups attached to an aromatic ring is 1. The van der Waals surface area contributed by atoms with Crippen molar-refractivity contribution in [2.75, 3.05) is 5.73 Å². The van der Waals surface area contributed by atoms with E-state index in [9.17, 15) is 9.59 Å². The van der Waals surface area contributed by atoms with Gasteiger partial charge >= 0.3 is 0 Å². The Hall–Kier alpha value is -1.84. The first-order valence-corrected chi connectivity index (χ1v) is 4.31. The molecule has 4 heteroatoms. The Balaban J connectivity index is 2.69. The van der Waals surface area contributed by atoms with Crippen LogP contribution < -0.4 is 11.1 Å². The van der Waals surface area contributed by atoms with Crippen LogP contribution in [0.5, 0.6) is 0 Å². The summed E-state index contributed by atoms with van der Waals surface area (Å²) in [4.78, 5) is 22.6. The highest BCUT2D eigenvalue weighted by Crippen LogP contribution is 2.23. The number of carbonyl (C=O) groups excluding carboxylic acids is 2. The molecule has 0 spiro atoms. The van der Waals surface area contributed by atoms with E-state index in [4.69, 9.17) is 5.73 Å². The molecule has 0 atom stereocenters.